The van der Waals surface area contributed by atoms with Crippen molar-refractivity contribution in [3.05, 3.63) is 34.9 Å². The van der Waals surface area contributed by atoms with Crippen molar-refractivity contribution in [2.75, 3.05) is 0 Å². The maximum atomic E-state index is 5.83. The summed E-state index contributed by atoms with van der Waals surface area (Å²) in [4.78, 5) is 0. The van der Waals surface area contributed by atoms with Crippen molar-refractivity contribution in [3.8, 4) is 0 Å². The van der Waals surface area contributed by atoms with Crippen molar-refractivity contribution < 1.29 is 0 Å². The second kappa shape index (κ2) is 4.93. The Hall–Kier alpha value is -1.13. The number of rotatable bonds is 2. The number of halogens is 1. The zero-order valence-corrected chi connectivity index (χ0v) is 9.19. The third-order valence-corrected chi connectivity index (χ3v) is 1.90. The predicted molar refractivity (Wildman–Crippen MR) is 63.6 cm³/mol. The van der Waals surface area contributed by atoms with E-state index in [9.17, 15) is 0 Å². The predicted octanol–water partition coefficient (Wildman–Crippen LogP) is 1.90. The molecule has 3 N–H and O–H groups in total. The van der Waals surface area contributed by atoms with Crippen LogP contribution in [0.15, 0.2) is 29.4 Å². The molecule has 0 radical (unpaired) electrons. The number of hydrazone groups is 1. The Balaban J connectivity index is 2.83. The summed E-state index contributed by atoms with van der Waals surface area (Å²) in [7, 11) is 0. The van der Waals surface area contributed by atoms with Crippen LogP contribution < -0.4 is 11.2 Å². The highest BCUT2D eigenvalue weighted by Gasteiger charge is 1.97. The van der Waals surface area contributed by atoms with Crippen LogP contribution in [0.3, 0.4) is 0 Å². The zero-order chi connectivity index (χ0) is 10.6. The van der Waals surface area contributed by atoms with Gasteiger partial charge in [0.2, 0.25) is 0 Å². The molecule has 0 aliphatic rings. The van der Waals surface area contributed by atoms with Crippen LogP contribution in [0.5, 0.6) is 0 Å². The molecule has 0 unspecified atom stereocenters. The van der Waals surface area contributed by atoms with Gasteiger partial charge in [0.1, 0.15) is 0 Å². The van der Waals surface area contributed by atoms with E-state index in [-0.39, 0.29) is 5.11 Å². The molecule has 0 bridgehead atoms. The first-order valence-corrected chi connectivity index (χ1v) is 4.74. The quantitative estimate of drug-likeness (QED) is 0.461. The monoisotopic (exact) mass is 227 g/mol. The Morgan fingerprint density at radius 2 is 2.29 bits per heavy atom. The molecule has 0 amide bonds. The zero-order valence-electron chi connectivity index (χ0n) is 7.62. The molecule has 0 aliphatic carbocycles. The molecule has 0 saturated carbocycles. The van der Waals surface area contributed by atoms with E-state index < -0.39 is 0 Å². The minimum Gasteiger partial charge on any atom is -0.375 e. The lowest BCUT2D eigenvalue weighted by Gasteiger charge is -2.01. The fourth-order valence-electron chi connectivity index (χ4n) is 0.917. The fourth-order valence-corrected chi connectivity index (χ4v) is 1.15. The highest BCUT2D eigenvalue weighted by Crippen LogP contribution is 2.11. The van der Waals surface area contributed by atoms with E-state index in [0.29, 0.717) is 5.02 Å². The van der Waals surface area contributed by atoms with E-state index in [2.05, 4.69) is 22.7 Å². The topological polar surface area (TPSA) is 50.4 Å². The average Bonchev–Trinajstić information content (AvgIpc) is 2.14. The first kappa shape index (κ1) is 10.9. The number of thiocarbonyl (C=S) groups is 1. The van der Waals surface area contributed by atoms with E-state index in [1.165, 1.54) is 0 Å². The van der Waals surface area contributed by atoms with Crippen molar-refractivity contribution >= 4 is 34.6 Å². The van der Waals surface area contributed by atoms with Crippen molar-refractivity contribution in [1.82, 2.24) is 5.43 Å². The maximum absolute atomic E-state index is 5.83. The lowest BCUT2D eigenvalue weighted by Crippen LogP contribution is -2.25. The average molecular weight is 228 g/mol. The summed E-state index contributed by atoms with van der Waals surface area (Å²) < 4.78 is 0. The van der Waals surface area contributed by atoms with Gasteiger partial charge in [0.15, 0.2) is 5.11 Å². The summed E-state index contributed by atoms with van der Waals surface area (Å²) in [5.74, 6) is 0. The highest BCUT2D eigenvalue weighted by molar-refractivity contribution is 7.80. The molecule has 74 valence electrons. The minimum absolute atomic E-state index is 0.145. The van der Waals surface area contributed by atoms with E-state index >= 15 is 0 Å². The highest BCUT2D eigenvalue weighted by atomic mass is 35.5. The number of hydrogen-bond donors (Lipinski definition) is 2. The molecule has 0 aromatic heterocycles. The molecule has 0 fully saturated rings. The van der Waals surface area contributed by atoms with Crippen LogP contribution in [-0.2, 0) is 0 Å². The summed E-state index contributed by atoms with van der Waals surface area (Å²) in [6.07, 6.45) is 0. The molecule has 0 saturated heterocycles. The van der Waals surface area contributed by atoms with Crippen LogP contribution >= 0.6 is 23.8 Å². The standard InChI is InChI=1S/C9H10ClN3S/c1-6(12-13-9(11)14)7-3-2-4-8(10)5-7/h2-5H,1H3,(H3,11,13,14)/b12-6+. The van der Waals surface area contributed by atoms with Crippen LogP contribution in [0.2, 0.25) is 5.02 Å². The maximum Gasteiger partial charge on any atom is 0.184 e. The van der Waals surface area contributed by atoms with Crippen molar-refractivity contribution in [3.63, 3.8) is 0 Å². The van der Waals surface area contributed by atoms with Gasteiger partial charge in [-0.2, -0.15) is 5.10 Å². The molecule has 3 nitrogen and oxygen atoms in total. The molecule has 0 atom stereocenters. The van der Waals surface area contributed by atoms with Crippen molar-refractivity contribution in [2.24, 2.45) is 10.8 Å². The lowest BCUT2D eigenvalue weighted by molar-refractivity contribution is 1.03. The van der Waals surface area contributed by atoms with Crippen molar-refractivity contribution in [1.29, 1.82) is 0 Å². The third kappa shape index (κ3) is 3.32. The number of benzene rings is 1. The summed E-state index contributed by atoms with van der Waals surface area (Å²) in [5.41, 5.74) is 9.46. The number of nitrogens with two attached hydrogens (primary N) is 1. The Morgan fingerprint density at radius 1 is 1.57 bits per heavy atom. The molecule has 0 spiro atoms. The largest absolute Gasteiger partial charge is 0.375 e. The van der Waals surface area contributed by atoms with Gasteiger partial charge in [-0.05, 0) is 36.8 Å². The Bertz CT molecular complexity index is 376. The molecule has 1 rings (SSSR count). The van der Waals surface area contributed by atoms with Gasteiger partial charge in [-0.1, -0.05) is 23.7 Å². The van der Waals surface area contributed by atoms with Crippen LogP contribution in [0, 0.1) is 0 Å². The summed E-state index contributed by atoms with van der Waals surface area (Å²) in [6, 6.07) is 7.39. The molecule has 0 aliphatic heterocycles. The molecular weight excluding hydrogens is 218 g/mol. The smallest absolute Gasteiger partial charge is 0.184 e. The van der Waals surface area contributed by atoms with E-state index in [1.807, 2.05) is 25.1 Å². The Morgan fingerprint density at radius 3 is 2.86 bits per heavy atom. The lowest BCUT2D eigenvalue weighted by atomic mass is 10.1. The second-order valence-corrected chi connectivity index (χ2v) is 3.56. The minimum atomic E-state index is 0.145. The van der Waals surface area contributed by atoms with Gasteiger partial charge >= 0.3 is 0 Å². The Kier molecular flexibility index (Phi) is 3.85. The van der Waals surface area contributed by atoms with Crippen LogP contribution in [0.4, 0.5) is 0 Å². The van der Waals surface area contributed by atoms with Crippen molar-refractivity contribution in [2.45, 2.75) is 6.92 Å². The molecule has 14 heavy (non-hydrogen) atoms. The normalized spacial score (nSPS) is 11.1. The van der Waals surface area contributed by atoms with Gasteiger partial charge < -0.3 is 5.73 Å². The van der Waals surface area contributed by atoms with E-state index in [4.69, 9.17) is 17.3 Å². The van der Waals surface area contributed by atoms with Crippen LogP contribution in [0.25, 0.3) is 0 Å². The third-order valence-electron chi connectivity index (χ3n) is 1.58. The van der Waals surface area contributed by atoms with E-state index in [0.717, 1.165) is 11.3 Å². The first-order valence-electron chi connectivity index (χ1n) is 3.95. The molecule has 5 heteroatoms. The summed E-state index contributed by atoms with van der Waals surface area (Å²) in [5, 5.41) is 4.80. The molecule has 1 aromatic carbocycles. The van der Waals surface area contributed by atoms with Gasteiger partial charge in [0.05, 0.1) is 5.71 Å². The van der Waals surface area contributed by atoms with Gasteiger partial charge in [0.25, 0.3) is 0 Å². The number of hydrogen-bond acceptors (Lipinski definition) is 2. The van der Waals surface area contributed by atoms with Gasteiger partial charge in [0, 0.05) is 5.02 Å². The molecule has 1 aromatic rings. The van der Waals surface area contributed by atoms with Crippen LogP contribution in [0.1, 0.15) is 12.5 Å². The summed E-state index contributed by atoms with van der Waals surface area (Å²) >= 11 is 10.4. The SMILES string of the molecule is C/C(=N\NC(N)=S)c1cccc(Cl)c1. The fraction of sp³-hybridized carbons (Fsp3) is 0.111. The number of nitrogens with one attached hydrogen (secondary N) is 1. The second-order valence-electron chi connectivity index (χ2n) is 2.68. The van der Waals surface area contributed by atoms with Gasteiger partial charge in [-0.15, -0.1) is 0 Å². The number of nitrogens with zero attached hydrogens (tertiary/aromatic N) is 1. The Labute approximate surface area is 92.9 Å². The van der Waals surface area contributed by atoms with Gasteiger partial charge in [-0.25, -0.2) is 0 Å². The molecular formula is C9H10ClN3S. The van der Waals surface area contributed by atoms with Gasteiger partial charge in [-0.3, -0.25) is 5.43 Å². The first-order chi connectivity index (χ1) is 6.59. The van der Waals surface area contributed by atoms with E-state index in [1.54, 1.807) is 6.07 Å². The summed E-state index contributed by atoms with van der Waals surface area (Å²) in [6.45, 7) is 1.84. The molecule has 0 heterocycles. The van der Waals surface area contributed by atoms with Crippen LogP contribution in [-0.4, -0.2) is 10.8 Å².